The number of nitrogens with two attached hydrogens (primary N) is 1. The number of para-hydroxylation sites is 1. The van der Waals surface area contributed by atoms with Crippen LogP contribution in [-0.4, -0.2) is 17.5 Å². The number of ketones is 1. The van der Waals surface area contributed by atoms with Gasteiger partial charge in [0.15, 0.2) is 5.78 Å². The molecule has 1 aromatic rings. The van der Waals surface area contributed by atoms with Gasteiger partial charge >= 0.3 is 0 Å². The van der Waals surface area contributed by atoms with E-state index in [1.807, 2.05) is 25.1 Å². The van der Waals surface area contributed by atoms with E-state index in [0.717, 1.165) is 17.8 Å². The normalized spacial score (nSPS) is 20.3. The highest BCUT2D eigenvalue weighted by Crippen LogP contribution is 2.25. The van der Waals surface area contributed by atoms with E-state index in [9.17, 15) is 4.79 Å². The lowest BCUT2D eigenvalue weighted by atomic mass is 9.95. The number of aliphatic imine (C=N–C) groups is 1. The minimum absolute atomic E-state index is 0.0209. The van der Waals surface area contributed by atoms with E-state index < -0.39 is 6.04 Å². The van der Waals surface area contributed by atoms with Gasteiger partial charge in [-0.3, -0.25) is 9.79 Å². The molecule has 1 heterocycles. The average molecular weight is 188 g/mol. The van der Waals surface area contributed by atoms with Gasteiger partial charge in [0.2, 0.25) is 0 Å². The second-order valence-corrected chi connectivity index (χ2v) is 3.32. The Bertz CT molecular complexity index is 410. The number of nitrogens with zero attached hydrogens (tertiary/aromatic N) is 1. The van der Waals surface area contributed by atoms with E-state index in [1.165, 1.54) is 0 Å². The van der Waals surface area contributed by atoms with Crippen molar-refractivity contribution in [1.82, 2.24) is 0 Å². The molecule has 2 N–H and O–H groups in total. The number of hydrogen-bond donors (Lipinski definition) is 1. The molecule has 0 saturated heterocycles. The minimum atomic E-state index is -0.546. The molecule has 72 valence electrons. The monoisotopic (exact) mass is 188 g/mol. The first-order valence-corrected chi connectivity index (χ1v) is 4.70. The predicted octanol–water partition coefficient (Wildman–Crippen LogP) is 1.69. The van der Waals surface area contributed by atoms with Crippen molar-refractivity contribution in [1.29, 1.82) is 0 Å². The summed E-state index contributed by atoms with van der Waals surface area (Å²) in [5.41, 5.74) is 7.92. The van der Waals surface area contributed by atoms with Crippen LogP contribution in [-0.2, 0) is 0 Å². The van der Waals surface area contributed by atoms with Gasteiger partial charge in [-0.1, -0.05) is 19.1 Å². The molecule has 14 heavy (non-hydrogen) atoms. The Morgan fingerprint density at radius 3 is 2.86 bits per heavy atom. The highest BCUT2D eigenvalue weighted by atomic mass is 16.1. The molecule has 0 bridgehead atoms. The van der Waals surface area contributed by atoms with Gasteiger partial charge in [-0.2, -0.15) is 0 Å². The lowest BCUT2D eigenvalue weighted by molar-refractivity contribution is 0.0982. The van der Waals surface area contributed by atoms with Gasteiger partial charge in [0.25, 0.3) is 0 Å². The molecule has 1 aromatic carbocycles. The van der Waals surface area contributed by atoms with Crippen molar-refractivity contribution < 1.29 is 4.79 Å². The van der Waals surface area contributed by atoms with Gasteiger partial charge in [-0.15, -0.1) is 0 Å². The maximum Gasteiger partial charge on any atom is 0.187 e. The summed E-state index contributed by atoms with van der Waals surface area (Å²) in [6.45, 7) is 1.96. The largest absolute Gasteiger partial charge is 0.316 e. The van der Waals surface area contributed by atoms with E-state index >= 15 is 0 Å². The summed E-state index contributed by atoms with van der Waals surface area (Å²) < 4.78 is 0. The van der Waals surface area contributed by atoms with Crippen LogP contribution in [0, 0.1) is 0 Å². The van der Waals surface area contributed by atoms with Gasteiger partial charge in [-0.25, -0.2) is 0 Å². The second kappa shape index (κ2) is 3.35. The van der Waals surface area contributed by atoms with Crippen molar-refractivity contribution >= 4 is 17.2 Å². The fraction of sp³-hybridized carbons (Fsp3) is 0.273. The number of fused-ring (bicyclic) bond motifs is 1. The van der Waals surface area contributed by atoms with Crippen molar-refractivity contribution in [2.75, 3.05) is 0 Å². The van der Waals surface area contributed by atoms with Crippen molar-refractivity contribution in [3.63, 3.8) is 0 Å². The quantitative estimate of drug-likeness (QED) is 0.729. The molecule has 3 nitrogen and oxygen atoms in total. The molecule has 2 rings (SSSR count). The lowest BCUT2D eigenvalue weighted by Crippen LogP contribution is -2.40. The highest BCUT2D eigenvalue weighted by Gasteiger charge is 2.26. The maximum absolute atomic E-state index is 11.8. The molecule has 0 amide bonds. The van der Waals surface area contributed by atoms with E-state index in [2.05, 4.69) is 4.99 Å². The van der Waals surface area contributed by atoms with E-state index in [0.29, 0.717) is 5.56 Å². The summed E-state index contributed by atoms with van der Waals surface area (Å²) in [7, 11) is 0. The zero-order chi connectivity index (χ0) is 10.1. The first kappa shape index (κ1) is 9.09. The molecule has 0 fully saturated rings. The van der Waals surface area contributed by atoms with Crippen LogP contribution in [0.4, 0.5) is 5.69 Å². The smallest absolute Gasteiger partial charge is 0.187 e. The Morgan fingerprint density at radius 1 is 1.43 bits per heavy atom. The summed E-state index contributed by atoms with van der Waals surface area (Å²) >= 11 is 0. The van der Waals surface area contributed by atoms with Crippen LogP contribution in [0.3, 0.4) is 0 Å². The highest BCUT2D eigenvalue weighted by molar-refractivity contribution is 6.20. The molecule has 0 spiro atoms. The molecule has 1 aliphatic heterocycles. The van der Waals surface area contributed by atoms with Crippen LogP contribution in [0.25, 0.3) is 0 Å². The molecule has 0 aliphatic carbocycles. The molecule has 1 atom stereocenters. The van der Waals surface area contributed by atoms with Crippen LogP contribution >= 0.6 is 0 Å². The first-order chi connectivity index (χ1) is 6.74. The Morgan fingerprint density at radius 2 is 2.14 bits per heavy atom. The van der Waals surface area contributed by atoms with Crippen LogP contribution in [0.1, 0.15) is 23.7 Å². The fourth-order valence-electron chi connectivity index (χ4n) is 1.62. The fourth-order valence-corrected chi connectivity index (χ4v) is 1.62. The molecule has 0 radical (unpaired) electrons. The Labute approximate surface area is 82.6 Å². The molecule has 0 saturated carbocycles. The number of rotatable bonds is 1. The number of carbonyl (C=O) groups is 1. The number of hydrogen-bond acceptors (Lipinski definition) is 3. The predicted molar refractivity (Wildman–Crippen MR) is 56.1 cm³/mol. The SMILES string of the molecule is CCC1=Nc2ccccc2C(=O)C1N. The average Bonchev–Trinajstić information content (AvgIpc) is 2.23. The van der Waals surface area contributed by atoms with Crippen LogP contribution < -0.4 is 5.73 Å². The van der Waals surface area contributed by atoms with Gasteiger partial charge in [0, 0.05) is 11.3 Å². The third-order valence-electron chi connectivity index (χ3n) is 2.44. The van der Waals surface area contributed by atoms with E-state index in [1.54, 1.807) is 6.07 Å². The molecule has 3 heteroatoms. The Balaban J connectivity index is 2.57. The summed E-state index contributed by atoms with van der Waals surface area (Å²) in [5.74, 6) is -0.0209. The standard InChI is InChI=1S/C11H12N2O/c1-2-8-10(12)11(14)7-5-3-4-6-9(7)13-8/h3-6,10H,2,12H2,1H3. The lowest BCUT2D eigenvalue weighted by Gasteiger charge is -2.19. The van der Waals surface area contributed by atoms with Crippen LogP contribution in [0.5, 0.6) is 0 Å². The van der Waals surface area contributed by atoms with Gasteiger partial charge < -0.3 is 5.73 Å². The van der Waals surface area contributed by atoms with Gasteiger partial charge in [0.05, 0.1) is 5.69 Å². The summed E-state index contributed by atoms with van der Waals surface area (Å²) in [6.07, 6.45) is 0.723. The zero-order valence-electron chi connectivity index (χ0n) is 8.03. The molecular formula is C11H12N2O. The Kier molecular flexibility index (Phi) is 2.17. The first-order valence-electron chi connectivity index (χ1n) is 4.70. The summed E-state index contributed by atoms with van der Waals surface area (Å²) in [4.78, 5) is 16.1. The molecule has 1 unspecified atom stereocenters. The van der Waals surface area contributed by atoms with Crippen molar-refractivity contribution in [3.8, 4) is 0 Å². The minimum Gasteiger partial charge on any atom is -0.316 e. The maximum atomic E-state index is 11.8. The number of carbonyl (C=O) groups excluding carboxylic acids is 1. The summed E-state index contributed by atoms with van der Waals surface area (Å²) in [5, 5.41) is 0. The molecule has 1 aliphatic rings. The van der Waals surface area contributed by atoms with E-state index in [4.69, 9.17) is 5.73 Å². The van der Waals surface area contributed by atoms with E-state index in [-0.39, 0.29) is 5.78 Å². The van der Waals surface area contributed by atoms with Crippen LogP contribution in [0.15, 0.2) is 29.3 Å². The molecular weight excluding hydrogens is 176 g/mol. The Hall–Kier alpha value is -1.48. The zero-order valence-corrected chi connectivity index (χ0v) is 8.03. The van der Waals surface area contributed by atoms with Crippen molar-refractivity contribution in [3.05, 3.63) is 29.8 Å². The van der Waals surface area contributed by atoms with Crippen molar-refractivity contribution in [2.24, 2.45) is 10.7 Å². The number of benzene rings is 1. The third kappa shape index (κ3) is 1.26. The van der Waals surface area contributed by atoms with Gasteiger partial charge in [-0.05, 0) is 18.6 Å². The van der Waals surface area contributed by atoms with Crippen molar-refractivity contribution in [2.45, 2.75) is 19.4 Å². The third-order valence-corrected chi connectivity index (χ3v) is 2.44. The van der Waals surface area contributed by atoms with Gasteiger partial charge in [0.1, 0.15) is 6.04 Å². The topological polar surface area (TPSA) is 55.5 Å². The summed E-state index contributed by atoms with van der Waals surface area (Å²) in [6, 6.07) is 6.77. The second-order valence-electron chi connectivity index (χ2n) is 3.32. The molecule has 0 aromatic heterocycles. The number of Topliss-reactive ketones (excluding diaryl/α,β-unsaturated/α-hetero) is 1. The van der Waals surface area contributed by atoms with Crippen LogP contribution in [0.2, 0.25) is 0 Å².